The predicted molar refractivity (Wildman–Crippen MR) is 90.2 cm³/mol. The highest BCUT2D eigenvalue weighted by Crippen LogP contribution is 2.47. The maximum absolute atomic E-state index is 13.6. The number of carbonyl (C=O) groups is 2. The van der Waals surface area contributed by atoms with E-state index in [1.54, 1.807) is 18.2 Å². The monoisotopic (exact) mass is 343 g/mol. The first-order valence-electron chi connectivity index (χ1n) is 7.95. The van der Waals surface area contributed by atoms with Gasteiger partial charge in [0.15, 0.2) is 18.2 Å². The van der Waals surface area contributed by atoms with E-state index in [4.69, 9.17) is 9.84 Å². The van der Waals surface area contributed by atoms with E-state index < -0.39 is 17.7 Å². The molecular weight excluding hydrogens is 325 g/mol. The quantitative estimate of drug-likeness (QED) is 0.843. The molecule has 0 radical (unpaired) electrons. The lowest BCUT2D eigenvalue weighted by molar-refractivity contribution is -0.138. The number of aryl methyl sites for hydroxylation is 1. The topological polar surface area (TPSA) is 75.6 Å². The Hall–Kier alpha value is -2.89. The van der Waals surface area contributed by atoms with E-state index in [0.29, 0.717) is 12.1 Å². The number of halogens is 1. The van der Waals surface area contributed by atoms with Gasteiger partial charge in [-0.2, -0.15) is 0 Å². The number of carboxylic acids is 1. The molecule has 1 aliphatic carbocycles. The molecule has 3 rings (SSSR count). The van der Waals surface area contributed by atoms with Gasteiger partial charge >= 0.3 is 5.97 Å². The Bertz CT molecular complexity index is 804. The fraction of sp³-hybridized carbons (Fsp3) is 0.263. The molecule has 2 atom stereocenters. The standard InChI is InChI=1S/C19H18FNO4/c1-11-2-7-16(20)17(8-11)25-10-18(22)21-13-5-3-12(4-6-13)14-9-15(14)19(23)24/h2-8,14-15H,9-10H2,1H3,(H,21,22)(H,23,24)/t14-,15+/m0/s1. The van der Waals surface area contributed by atoms with Gasteiger partial charge in [0, 0.05) is 5.69 Å². The average Bonchev–Trinajstić information content (AvgIpc) is 3.37. The summed E-state index contributed by atoms with van der Waals surface area (Å²) in [4.78, 5) is 22.8. The van der Waals surface area contributed by atoms with E-state index in [0.717, 1.165) is 11.1 Å². The van der Waals surface area contributed by atoms with E-state index in [1.807, 2.05) is 19.1 Å². The molecule has 5 nitrogen and oxygen atoms in total. The molecule has 130 valence electrons. The molecular formula is C19H18FNO4. The van der Waals surface area contributed by atoms with Crippen LogP contribution in [0.25, 0.3) is 0 Å². The lowest BCUT2D eigenvalue weighted by atomic mass is 10.1. The van der Waals surface area contributed by atoms with Crippen molar-refractivity contribution in [2.24, 2.45) is 5.92 Å². The molecule has 0 aromatic heterocycles. The van der Waals surface area contributed by atoms with Crippen molar-refractivity contribution in [2.75, 3.05) is 11.9 Å². The highest BCUT2D eigenvalue weighted by molar-refractivity contribution is 5.91. The van der Waals surface area contributed by atoms with Crippen molar-refractivity contribution < 1.29 is 23.8 Å². The summed E-state index contributed by atoms with van der Waals surface area (Å²) < 4.78 is 18.8. The van der Waals surface area contributed by atoms with E-state index >= 15 is 0 Å². The normalized spacial score (nSPS) is 18.5. The molecule has 0 saturated heterocycles. The number of nitrogens with one attached hydrogen (secondary N) is 1. The van der Waals surface area contributed by atoms with Crippen LogP contribution in [0.5, 0.6) is 5.75 Å². The third kappa shape index (κ3) is 4.15. The van der Waals surface area contributed by atoms with Gasteiger partial charge in [0.1, 0.15) is 0 Å². The number of hydrogen-bond acceptors (Lipinski definition) is 3. The van der Waals surface area contributed by atoms with Crippen molar-refractivity contribution in [3.8, 4) is 5.75 Å². The Labute approximate surface area is 144 Å². The summed E-state index contributed by atoms with van der Waals surface area (Å²) in [5.41, 5.74) is 2.37. The van der Waals surface area contributed by atoms with Crippen molar-refractivity contribution >= 4 is 17.6 Å². The van der Waals surface area contributed by atoms with Crippen molar-refractivity contribution in [1.29, 1.82) is 0 Å². The molecule has 6 heteroatoms. The minimum Gasteiger partial charge on any atom is -0.481 e. The van der Waals surface area contributed by atoms with E-state index in [1.165, 1.54) is 12.1 Å². The molecule has 2 aromatic rings. The molecule has 0 heterocycles. The van der Waals surface area contributed by atoms with Gasteiger partial charge in [-0.05, 0) is 54.7 Å². The highest BCUT2D eigenvalue weighted by Gasteiger charge is 2.43. The molecule has 0 bridgehead atoms. The van der Waals surface area contributed by atoms with Crippen molar-refractivity contribution in [1.82, 2.24) is 0 Å². The van der Waals surface area contributed by atoms with Gasteiger partial charge in [-0.3, -0.25) is 9.59 Å². The number of amides is 1. The number of carboxylic acid groups (broad SMARTS) is 1. The van der Waals surface area contributed by atoms with Crippen LogP contribution in [0, 0.1) is 18.7 Å². The summed E-state index contributed by atoms with van der Waals surface area (Å²) in [7, 11) is 0. The Morgan fingerprint density at radius 1 is 1.24 bits per heavy atom. The second kappa shape index (κ2) is 6.93. The summed E-state index contributed by atoms with van der Waals surface area (Å²) in [6.45, 7) is 1.51. The number of rotatable bonds is 6. The number of ether oxygens (including phenoxy) is 1. The van der Waals surface area contributed by atoms with Gasteiger partial charge < -0.3 is 15.2 Å². The number of carbonyl (C=O) groups excluding carboxylic acids is 1. The van der Waals surface area contributed by atoms with Crippen LogP contribution in [0.4, 0.5) is 10.1 Å². The Balaban J connectivity index is 1.53. The molecule has 1 amide bonds. The molecule has 1 aliphatic rings. The van der Waals surface area contributed by atoms with Gasteiger partial charge in [-0.15, -0.1) is 0 Å². The molecule has 1 saturated carbocycles. The zero-order valence-corrected chi connectivity index (χ0v) is 13.7. The van der Waals surface area contributed by atoms with Crippen LogP contribution in [-0.4, -0.2) is 23.6 Å². The van der Waals surface area contributed by atoms with Crippen LogP contribution >= 0.6 is 0 Å². The molecule has 2 N–H and O–H groups in total. The smallest absolute Gasteiger partial charge is 0.307 e. The number of anilines is 1. The Morgan fingerprint density at radius 3 is 2.60 bits per heavy atom. The largest absolute Gasteiger partial charge is 0.481 e. The summed E-state index contributed by atoms with van der Waals surface area (Å²) in [5.74, 6) is -1.90. The van der Waals surface area contributed by atoms with E-state index in [2.05, 4.69) is 5.32 Å². The van der Waals surface area contributed by atoms with Crippen LogP contribution in [0.2, 0.25) is 0 Å². The van der Waals surface area contributed by atoms with Crippen LogP contribution in [0.15, 0.2) is 42.5 Å². The summed E-state index contributed by atoms with van der Waals surface area (Å²) in [6, 6.07) is 11.5. The number of aliphatic carboxylic acids is 1. The summed E-state index contributed by atoms with van der Waals surface area (Å²) >= 11 is 0. The first-order valence-corrected chi connectivity index (χ1v) is 7.95. The minimum absolute atomic E-state index is 0.0407. The van der Waals surface area contributed by atoms with Crippen molar-refractivity contribution in [3.05, 3.63) is 59.4 Å². The van der Waals surface area contributed by atoms with Crippen LogP contribution in [0.1, 0.15) is 23.5 Å². The van der Waals surface area contributed by atoms with Crippen LogP contribution < -0.4 is 10.1 Å². The molecule has 0 aliphatic heterocycles. The molecule has 0 spiro atoms. The maximum Gasteiger partial charge on any atom is 0.307 e. The highest BCUT2D eigenvalue weighted by atomic mass is 19.1. The average molecular weight is 343 g/mol. The van der Waals surface area contributed by atoms with Crippen LogP contribution in [-0.2, 0) is 9.59 Å². The second-order valence-corrected chi connectivity index (χ2v) is 6.18. The molecule has 0 unspecified atom stereocenters. The van der Waals surface area contributed by atoms with Gasteiger partial charge in [0.2, 0.25) is 0 Å². The van der Waals surface area contributed by atoms with Crippen LogP contribution in [0.3, 0.4) is 0 Å². The zero-order chi connectivity index (χ0) is 18.0. The van der Waals surface area contributed by atoms with E-state index in [9.17, 15) is 14.0 Å². The minimum atomic E-state index is -0.775. The van der Waals surface area contributed by atoms with Gasteiger partial charge in [0.05, 0.1) is 5.92 Å². The predicted octanol–water partition coefficient (Wildman–Crippen LogP) is 3.34. The van der Waals surface area contributed by atoms with Crippen molar-refractivity contribution in [2.45, 2.75) is 19.3 Å². The number of benzene rings is 2. The second-order valence-electron chi connectivity index (χ2n) is 6.18. The fourth-order valence-corrected chi connectivity index (χ4v) is 2.71. The summed E-state index contributed by atoms with van der Waals surface area (Å²) in [6.07, 6.45) is 0.650. The third-order valence-corrected chi connectivity index (χ3v) is 4.18. The first-order chi connectivity index (χ1) is 11.9. The molecule has 25 heavy (non-hydrogen) atoms. The van der Waals surface area contributed by atoms with Gasteiger partial charge in [-0.25, -0.2) is 4.39 Å². The summed E-state index contributed by atoms with van der Waals surface area (Å²) in [5, 5.41) is 11.6. The van der Waals surface area contributed by atoms with E-state index in [-0.39, 0.29) is 24.2 Å². The van der Waals surface area contributed by atoms with Crippen molar-refractivity contribution in [3.63, 3.8) is 0 Å². The van der Waals surface area contributed by atoms with Gasteiger partial charge in [0.25, 0.3) is 5.91 Å². The van der Waals surface area contributed by atoms with Gasteiger partial charge in [-0.1, -0.05) is 18.2 Å². The lowest BCUT2D eigenvalue weighted by Crippen LogP contribution is -2.20. The third-order valence-electron chi connectivity index (χ3n) is 4.18. The molecule has 2 aromatic carbocycles. The maximum atomic E-state index is 13.6. The lowest BCUT2D eigenvalue weighted by Gasteiger charge is -2.09. The Kier molecular flexibility index (Phi) is 4.70. The zero-order valence-electron chi connectivity index (χ0n) is 13.7. The SMILES string of the molecule is Cc1ccc(F)c(OCC(=O)Nc2ccc([C@@H]3C[C@H]3C(=O)O)cc2)c1. The Morgan fingerprint density at radius 2 is 1.96 bits per heavy atom. The molecule has 1 fully saturated rings. The fourth-order valence-electron chi connectivity index (χ4n) is 2.71. The first kappa shape index (κ1) is 17.0. The number of hydrogen-bond donors (Lipinski definition) is 2.